The number of rotatable bonds is 4. The molecule has 0 radical (unpaired) electrons. The SMILES string of the molecule is O=S(=O)(O)CCCS(=O)(=O)O.[H-].[H-].[H-].[Na+].[Na+].[Na+]. The first kappa shape index (κ1) is 25.6. The first-order valence-electron chi connectivity index (χ1n) is 2.61. The van der Waals surface area contributed by atoms with Crippen LogP contribution in [0.15, 0.2) is 0 Å². The fourth-order valence-electron chi connectivity index (χ4n) is 0.424. The third kappa shape index (κ3) is 24.2. The van der Waals surface area contributed by atoms with E-state index in [0.29, 0.717) is 0 Å². The molecule has 0 aromatic rings. The van der Waals surface area contributed by atoms with Crippen molar-refractivity contribution in [2.45, 2.75) is 6.42 Å². The summed E-state index contributed by atoms with van der Waals surface area (Å²) in [6.07, 6.45) is -0.308. The van der Waals surface area contributed by atoms with Gasteiger partial charge in [-0.15, -0.1) is 0 Å². The fraction of sp³-hybridized carbons (Fsp3) is 1.00. The Morgan fingerprint density at radius 2 is 1.00 bits per heavy atom. The molecule has 2 N–H and O–H groups in total. The van der Waals surface area contributed by atoms with Gasteiger partial charge in [-0.1, -0.05) is 0 Å². The van der Waals surface area contributed by atoms with Crippen LogP contribution in [0.3, 0.4) is 0 Å². The van der Waals surface area contributed by atoms with Crippen molar-refractivity contribution >= 4 is 20.2 Å². The van der Waals surface area contributed by atoms with E-state index >= 15 is 0 Å². The molecule has 74 valence electrons. The minimum Gasteiger partial charge on any atom is -1.00 e. The number of hydrogen-bond acceptors (Lipinski definition) is 4. The van der Waals surface area contributed by atoms with Gasteiger partial charge in [0.1, 0.15) is 0 Å². The molecular weight excluding hydrogens is 265 g/mol. The van der Waals surface area contributed by atoms with Gasteiger partial charge in [-0.2, -0.15) is 16.8 Å². The van der Waals surface area contributed by atoms with Crippen molar-refractivity contribution in [2.24, 2.45) is 0 Å². The summed E-state index contributed by atoms with van der Waals surface area (Å²) in [4.78, 5) is 0. The van der Waals surface area contributed by atoms with Crippen LogP contribution in [0.4, 0.5) is 0 Å². The van der Waals surface area contributed by atoms with Gasteiger partial charge in [0.05, 0.1) is 11.5 Å². The van der Waals surface area contributed by atoms with Gasteiger partial charge in [0, 0.05) is 0 Å². The molecule has 14 heavy (non-hydrogen) atoms. The van der Waals surface area contributed by atoms with Crippen molar-refractivity contribution in [3.05, 3.63) is 0 Å². The molecule has 0 heterocycles. The summed E-state index contributed by atoms with van der Waals surface area (Å²) in [5, 5.41) is 0. The van der Waals surface area contributed by atoms with Crippen LogP contribution in [0.25, 0.3) is 0 Å². The second kappa shape index (κ2) is 10.9. The zero-order chi connectivity index (χ0) is 9.12. The van der Waals surface area contributed by atoms with Gasteiger partial charge in [-0.3, -0.25) is 9.11 Å². The Kier molecular flexibility index (Phi) is 20.0. The van der Waals surface area contributed by atoms with Crippen LogP contribution in [0.2, 0.25) is 0 Å². The van der Waals surface area contributed by atoms with E-state index in [1.165, 1.54) is 0 Å². The largest absolute Gasteiger partial charge is 1.00 e. The molecule has 0 aliphatic rings. The third-order valence-electron chi connectivity index (χ3n) is 0.805. The second-order valence-electron chi connectivity index (χ2n) is 1.93. The van der Waals surface area contributed by atoms with Crippen LogP contribution in [0, 0.1) is 0 Å². The molecule has 0 saturated heterocycles. The zero-order valence-electron chi connectivity index (χ0n) is 11.5. The maximum atomic E-state index is 10.00. The predicted molar refractivity (Wildman–Crippen MR) is 40.8 cm³/mol. The Bertz CT molecular complexity index is 287. The van der Waals surface area contributed by atoms with E-state index in [9.17, 15) is 16.8 Å². The fourth-order valence-corrected chi connectivity index (χ4v) is 1.62. The van der Waals surface area contributed by atoms with Crippen LogP contribution < -0.4 is 88.7 Å². The molecule has 0 aromatic carbocycles. The molecule has 0 aliphatic carbocycles. The van der Waals surface area contributed by atoms with Crippen LogP contribution in [-0.4, -0.2) is 37.4 Å². The summed E-state index contributed by atoms with van der Waals surface area (Å²) in [5.41, 5.74) is 0. The van der Waals surface area contributed by atoms with E-state index < -0.39 is 31.7 Å². The maximum Gasteiger partial charge on any atom is 1.00 e. The van der Waals surface area contributed by atoms with Crippen molar-refractivity contribution in [3.8, 4) is 0 Å². The molecule has 0 fully saturated rings. The van der Waals surface area contributed by atoms with Crippen LogP contribution in [0.5, 0.6) is 0 Å². The third-order valence-corrected chi connectivity index (χ3v) is 2.41. The Labute approximate surface area is 154 Å². The predicted octanol–water partition coefficient (Wildman–Crippen LogP) is -9.50. The van der Waals surface area contributed by atoms with Crippen molar-refractivity contribution in [1.29, 1.82) is 0 Å². The van der Waals surface area contributed by atoms with Crippen molar-refractivity contribution in [2.75, 3.05) is 11.5 Å². The van der Waals surface area contributed by atoms with Gasteiger partial charge in [0.25, 0.3) is 20.2 Å². The van der Waals surface area contributed by atoms with Gasteiger partial charge in [0.15, 0.2) is 0 Å². The molecule has 0 spiro atoms. The molecule has 0 rings (SSSR count). The van der Waals surface area contributed by atoms with Gasteiger partial charge in [-0.25, -0.2) is 0 Å². The van der Waals surface area contributed by atoms with E-state index in [-0.39, 0.29) is 99.4 Å². The monoisotopic (exact) mass is 276 g/mol. The maximum absolute atomic E-state index is 10.00. The van der Waals surface area contributed by atoms with Gasteiger partial charge in [-0.05, 0) is 6.42 Å². The van der Waals surface area contributed by atoms with Gasteiger partial charge < -0.3 is 4.28 Å². The summed E-state index contributed by atoms with van der Waals surface area (Å²) in [5.74, 6) is -1.32. The van der Waals surface area contributed by atoms with Crippen molar-refractivity contribution in [1.82, 2.24) is 0 Å². The molecule has 0 aliphatic heterocycles. The Balaban J connectivity index is -0.0000000333. The van der Waals surface area contributed by atoms with Gasteiger partial charge in [0.2, 0.25) is 0 Å². The molecule has 0 amide bonds. The zero-order valence-corrected chi connectivity index (χ0v) is 16.1. The van der Waals surface area contributed by atoms with E-state index in [4.69, 9.17) is 9.11 Å². The topological polar surface area (TPSA) is 109 Å². The Hall–Kier alpha value is 2.82. The molecule has 0 saturated carbocycles. The standard InChI is InChI=1S/C3H8O6S2.3Na.3H/c4-10(5,6)2-1-3-11(7,8)9;;;;;;/h1-3H2,(H,4,5,6)(H,7,8,9);;;;;;/q;3*+1;3*-1. The average molecular weight is 276 g/mol. The molecule has 0 aromatic heterocycles. The molecule has 0 bridgehead atoms. The summed E-state index contributed by atoms with van der Waals surface area (Å²) >= 11 is 0. The van der Waals surface area contributed by atoms with E-state index in [1.807, 2.05) is 0 Å². The van der Waals surface area contributed by atoms with E-state index in [2.05, 4.69) is 0 Å². The van der Waals surface area contributed by atoms with Crippen LogP contribution in [0.1, 0.15) is 10.7 Å². The quantitative estimate of drug-likeness (QED) is 0.390. The summed E-state index contributed by atoms with van der Waals surface area (Å²) in [6.45, 7) is 0. The summed E-state index contributed by atoms with van der Waals surface area (Å²) in [6, 6.07) is 0. The minimum absolute atomic E-state index is 0. The van der Waals surface area contributed by atoms with E-state index in [1.54, 1.807) is 0 Å². The Morgan fingerprint density at radius 1 is 0.786 bits per heavy atom. The molecule has 0 atom stereocenters. The van der Waals surface area contributed by atoms with Crippen molar-refractivity contribution in [3.63, 3.8) is 0 Å². The molecule has 6 nitrogen and oxygen atoms in total. The first-order chi connectivity index (χ1) is 4.71. The Morgan fingerprint density at radius 3 is 1.14 bits per heavy atom. The molecule has 0 unspecified atom stereocenters. The molecule has 11 heteroatoms. The average Bonchev–Trinajstić information content (AvgIpc) is 1.55. The normalized spacial score (nSPS) is 10.4. The van der Waals surface area contributed by atoms with E-state index in [0.717, 1.165) is 0 Å². The molecular formula is C3H11Na3O6S2. The first-order valence-corrected chi connectivity index (χ1v) is 5.83. The minimum atomic E-state index is -4.12. The summed E-state index contributed by atoms with van der Waals surface area (Å²) < 4.78 is 56.2. The second-order valence-corrected chi connectivity index (χ2v) is 5.07. The number of hydrogen-bond donors (Lipinski definition) is 2. The van der Waals surface area contributed by atoms with Gasteiger partial charge >= 0.3 is 88.7 Å². The van der Waals surface area contributed by atoms with Crippen LogP contribution in [-0.2, 0) is 20.2 Å². The van der Waals surface area contributed by atoms with Crippen molar-refractivity contribution < 1.29 is 119 Å². The summed E-state index contributed by atoms with van der Waals surface area (Å²) in [7, 11) is -8.24. The van der Waals surface area contributed by atoms with Crippen LogP contribution >= 0.6 is 0 Å². The smallest absolute Gasteiger partial charge is 1.00 e.